The van der Waals surface area contributed by atoms with Crippen molar-refractivity contribution in [1.29, 1.82) is 0 Å². The molecule has 0 aliphatic carbocycles. The van der Waals surface area contributed by atoms with Crippen molar-refractivity contribution >= 4 is 5.96 Å². The number of hydrogen-bond donors (Lipinski definition) is 2. The molecule has 112 valence electrons. The first kappa shape index (κ1) is 16.2. The lowest BCUT2D eigenvalue weighted by atomic mass is 10.1. The van der Waals surface area contributed by atoms with Crippen LogP contribution in [0.3, 0.4) is 0 Å². The fourth-order valence-corrected chi connectivity index (χ4v) is 2.15. The first-order valence-electron chi connectivity index (χ1n) is 7.42. The van der Waals surface area contributed by atoms with Crippen molar-refractivity contribution in [3.05, 3.63) is 0 Å². The van der Waals surface area contributed by atoms with Gasteiger partial charge in [-0.15, -0.1) is 0 Å². The summed E-state index contributed by atoms with van der Waals surface area (Å²) in [6.07, 6.45) is 0. The van der Waals surface area contributed by atoms with Crippen molar-refractivity contribution in [3.63, 3.8) is 0 Å². The van der Waals surface area contributed by atoms with Crippen LogP contribution in [0, 0.1) is 11.8 Å². The van der Waals surface area contributed by atoms with Gasteiger partial charge < -0.3 is 20.9 Å². The topological polar surface area (TPSA) is 56.9 Å². The minimum atomic E-state index is 0.558. The Kier molecular flexibility index (Phi) is 7.16. The van der Waals surface area contributed by atoms with Crippen LogP contribution >= 0.6 is 0 Å². The van der Waals surface area contributed by atoms with Crippen molar-refractivity contribution in [1.82, 2.24) is 15.1 Å². The predicted octanol–water partition coefficient (Wildman–Crippen LogP) is 0.430. The highest BCUT2D eigenvalue weighted by Gasteiger charge is 2.15. The first-order valence-corrected chi connectivity index (χ1v) is 7.42. The van der Waals surface area contributed by atoms with E-state index in [1.807, 2.05) is 0 Å². The zero-order chi connectivity index (χ0) is 14.3. The Morgan fingerprint density at radius 1 is 1.21 bits per heavy atom. The van der Waals surface area contributed by atoms with Crippen molar-refractivity contribution in [2.45, 2.75) is 20.8 Å². The Balaban J connectivity index is 2.17. The van der Waals surface area contributed by atoms with E-state index in [0.717, 1.165) is 19.6 Å². The fraction of sp³-hybridized carbons (Fsp3) is 0.929. The molecule has 1 heterocycles. The van der Waals surface area contributed by atoms with Crippen molar-refractivity contribution in [2.24, 2.45) is 22.6 Å². The quantitative estimate of drug-likeness (QED) is 0.542. The van der Waals surface area contributed by atoms with Crippen LogP contribution in [0.5, 0.6) is 0 Å². The summed E-state index contributed by atoms with van der Waals surface area (Å²) in [5.74, 6) is 1.73. The summed E-state index contributed by atoms with van der Waals surface area (Å²) in [4.78, 5) is 9.24. The second-order valence-electron chi connectivity index (χ2n) is 6.21. The van der Waals surface area contributed by atoms with Gasteiger partial charge in [-0.3, -0.25) is 4.99 Å². The third kappa shape index (κ3) is 7.38. The van der Waals surface area contributed by atoms with Crippen molar-refractivity contribution < 1.29 is 0 Å². The number of likely N-dealkylation sites (N-methyl/N-ethyl adjacent to an activating group) is 1. The normalized spacial score (nSPS) is 20.8. The van der Waals surface area contributed by atoms with Crippen molar-refractivity contribution in [3.8, 4) is 0 Å². The van der Waals surface area contributed by atoms with Gasteiger partial charge in [-0.2, -0.15) is 0 Å². The minimum absolute atomic E-state index is 0.558. The van der Waals surface area contributed by atoms with Crippen LogP contribution in [-0.2, 0) is 0 Å². The molecule has 0 aromatic carbocycles. The summed E-state index contributed by atoms with van der Waals surface area (Å²) in [7, 11) is 2.19. The molecule has 1 atom stereocenters. The molecule has 1 unspecified atom stereocenters. The molecular formula is C14H31N5. The molecule has 1 fully saturated rings. The summed E-state index contributed by atoms with van der Waals surface area (Å²) in [6.45, 7) is 14.1. The highest BCUT2D eigenvalue weighted by molar-refractivity contribution is 5.77. The molecule has 0 spiro atoms. The molecule has 1 saturated heterocycles. The van der Waals surface area contributed by atoms with Gasteiger partial charge in [0.1, 0.15) is 0 Å². The van der Waals surface area contributed by atoms with Gasteiger partial charge in [0.2, 0.25) is 0 Å². The summed E-state index contributed by atoms with van der Waals surface area (Å²) >= 11 is 0. The van der Waals surface area contributed by atoms with Gasteiger partial charge in [-0.05, 0) is 18.9 Å². The lowest BCUT2D eigenvalue weighted by Crippen LogP contribution is -2.47. The Labute approximate surface area is 118 Å². The molecule has 0 aromatic heterocycles. The standard InChI is InChI=1S/C14H31N5/c1-12(2)9-16-14(15)17-10-13(3)11-19-7-5-18(4)6-8-19/h12-13H,5-11H2,1-4H3,(H3,15,16,17). The van der Waals surface area contributed by atoms with Gasteiger partial charge in [0.15, 0.2) is 5.96 Å². The number of piperazine rings is 1. The van der Waals surface area contributed by atoms with Gasteiger partial charge in [-0.1, -0.05) is 20.8 Å². The molecule has 19 heavy (non-hydrogen) atoms. The molecule has 0 amide bonds. The number of aliphatic imine (C=N–C) groups is 1. The smallest absolute Gasteiger partial charge is 0.188 e. The Morgan fingerprint density at radius 2 is 1.84 bits per heavy atom. The number of guanidine groups is 1. The Hall–Kier alpha value is -0.810. The second kappa shape index (κ2) is 8.38. The summed E-state index contributed by atoms with van der Waals surface area (Å²) in [6, 6.07) is 0. The van der Waals surface area contributed by atoms with Gasteiger partial charge in [-0.25, -0.2) is 0 Å². The Bertz CT molecular complexity index is 269. The number of rotatable bonds is 6. The third-order valence-electron chi connectivity index (χ3n) is 3.42. The van der Waals surface area contributed by atoms with Gasteiger partial charge in [0.05, 0.1) is 0 Å². The Morgan fingerprint density at radius 3 is 2.42 bits per heavy atom. The molecule has 0 aromatic rings. The molecule has 5 nitrogen and oxygen atoms in total. The van der Waals surface area contributed by atoms with Gasteiger partial charge >= 0.3 is 0 Å². The molecule has 3 N–H and O–H groups in total. The van der Waals surface area contributed by atoms with Crippen LogP contribution in [0.1, 0.15) is 20.8 Å². The summed E-state index contributed by atoms with van der Waals surface area (Å²) in [5, 5.41) is 3.23. The van der Waals surface area contributed by atoms with E-state index >= 15 is 0 Å². The molecule has 0 radical (unpaired) electrons. The van der Waals surface area contributed by atoms with Crippen LogP contribution in [0.2, 0.25) is 0 Å². The van der Waals surface area contributed by atoms with E-state index in [9.17, 15) is 0 Å². The third-order valence-corrected chi connectivity index (χ3v) is 3.42. The van der Waals surface area contributed by atoms with E-state index in [1.165, 1.54) is 26.2 Å². The molecule has 1 aliphatic heterocycles. The maximum atomic E-state index is 5.84. The predicted molar refractivity (Wildman–Crippen MR) is 82.4 cm³/mol. The highest BCUT2D eigenvalue weighted by atomic mass is 15.2. The van der Waals surface area contributed by atoms with E-state index < -0.39 is 0 Å². The van der Waals surface area contributed by atoms with E-state index in [4.69, 9.17) is 5.73 Å². The van der Waals surface area contributed by atoms with Crippen LogP contribution in [0.4, 0.5) is 0 Å². The van der Waals surface area contributed by atoms with E-state index in [-0.39, 0.29) is 0 Å². The van der Waals surface area contributed by atoms with Gasteiger partial charge in [0.25, 0.3) is 0 Å². The lowest BCUT2D eigenvalue weighted by molar-refractivity contribution is 0.139. The maximum absolute atomic E-state index is 5.84. The average molecular weight is 269 g/mol. The molecular weight excluding hydrogens is 238 g/mol. The zero-order valence-electron chi connectivity index (χ0n) is 13.0. The number of nitrogens with zero attached hydrogens (tertiary/aromatic N) is 3. The van der Waals surface area contributed by atoms with Gasteiger partial charge in [0, 0.05) is 45.8 Å². The maximum Gasteiger partial charge on any atom is 0.188 e. The molecule has 5 heteroatoms. The first-order chi connectivity index (χ1) is 8.97. The van der Waals surface area contributed by atoms with Crippen LogP contribution in [0.25, 0.3) is 0 Å². The number of hydrogen-bond acceptors (Lipinski definition) is 3. The van der Waals surface area contributed by atoms with Crippen LogP contribution < -0.4 is 11.1 Å². The van der Waals surface area contributed by atoms with Crippen molar-refractivity contribution in [2.75, 3.05) is 52.9 Å². The van der Waals surface area contributed by atoms with Crippen LogP contribution in [-0.4, -0.2) is 68.6 Å². The van der Waals surface area contributed by atoms with E-state index in [0.29, 0.717) is 17.8 Å². The second-order valence-corrected chi connectivity index (χ2v) is 6.21. The highest BCUT2D eigenvalue weighted by Crippen LogP contribution is 2.03. The minimum Gasteiger partial charge on any atom is -0.370 e. The number of nitrogens with one attached hydrogen (secondary N) is 1. The average Bonchev–Trinajstić information content (AvgIpc) is 2.36. The summed E-state index contributed by atoms with van der Waals surface area (Å²) in [5.41, 5.74) is 5.84. The SMILES string of the molecule is CC(C)CN=C(N)NCC(C)CN1CCN(C)CC1. The van der Waals surface area contributed by atoms with E-state index in [2.05, 4.69) is 47.9 Å². The monoisotopic (exact) mass is 269 g/mol. The van der Waals surface area contributed by atoms with E-state index in [1.54, 1.807) is 0 Å². The molecule has 0 saturated carbocycles. The lowest BCUT2D eigenvalue weighted by Gasteiger charge is -2.34. The molecule has 1 rings (SSSR count). The molecule has 1 aliphatic rings. The zero-order valence-corrected chi connectivity index (χ0v) is 13.0. The largest absolute Gasteiger partial charge is 0.370 e. The number of nitrogens with two attached hydrogens (primary N) is 1. The summed E-state index contributed by atoms with van der Waals surface area (Å²) < 4.78 is 0. The molecule has 0 bridgehead atoms. The fourth-order valence-electron chi connectivity index (χ4n) is 2.15. The van der Waals surface area contributed by atoms with Crippen LogP contribution in [0.15, 0.2) is 4.99 Å².